The van der Waals surface area contributed by atoms with Gasteiger partial charge in [-0.2, -0.15) is 0 Å². The molecule has 104 valence electrons. The van der Waals surface area contributed by atoms with Crippen LogP contribution in [0, 0.1) is 0 Å². The number of thiophene rings is 1. The van der Waals surface area contributed by atoms with E-state index in [9.17, 15) is 9.59 Å². The van der Waals surface area contributed by atoms with Gasteiger partial charge in [0, 0.05) is 11.4 Å². The van der Waals surface area contributed by atoms with Gasteiger partial charge in [0.1, 0.15) is 6.54 Å². The molecule has 5 nitrogen and oxygen atoms in total. The van der Waals surface area contributed by atoms with Crippen LogP contribution >= 0.6 is 11.3 Å². The summed E-state index contributed by atoms with van der Waals surface area (Å²) in [6.45, 7) is 5.37. The van der Waals surface area contributed by atoms with Gasteiger partial charge in [-0.05, 0) is 17.9 Å². The van der Waals surface area contributed by atoms with Crippen LogP contribution in [0.15, 0.2) is 30.2 Å². The first-order valence-corrected chi connectivity index (χ1v) is 6.88. The average Bonchev–Trinajstić information content (AvgIpc) is 2.88. The van der Waals surface area contributed by atoms with Gasteiger partial charge < -0.3 is 15.3 Å². The SMILES string of the molecule is C=CCN(CC(=O)O)C(=O)NC(CC)c1cccs1. The van der Waals surface area contributed by atoms with Crippen LogP contribution in [-0.2, 0) is 4.79 Å². The highest BCUT2D eigenvalue weighted by Gasteiger charge is 2.19. The van der Waals surface area contributed by atoms with Crippen molar-refractivity contribution in [3.63, 3.8) is 0 Å². The van der Waals surface area contributed by atoms with E-state index in [2.05, 4.69) is 11.9 Å². The summed E-state index contributed by atoms with van der Waals surface area (Å²) in [5.74, 6) is -1.04. The van der Waals surface area contributed by atoms with Crippen LogP contribution in [0.3, 0.4) is 0 Å². The minimum absolute atomic E-state index is 0.0892. The summed E-state index contributed by atoms with van der Waals surface area (Å²) in [4.78, 5) is 25.0. The van der Waals surface area contributed by atoms with Gasteiger partial charge in [-0.25, -0.2) is 4.79 Å². The molecule has 1 aromatic heterocycles. The fraction of sp³-hybridized carbons (Fsp3) is 0.385. The van der Waals surface area contributed by atoms with Crippen molar-refractivity contribution in [2.45, 2.75) is 19.4 Å². The van der Waals surface area contributed by atoms with Crippen molar-refractivity contribution in [1.29, 1.82) is 0 Å². The molecule has 0 aliphatic carbocycles. The van der Waals surface area contributed by atoms with Gasteiger partial charge in [0.15, 0.2) is 0 Å². The second-order valence-corrected chi connectivity index (χ2v) is 4.97. The smallest absolute Gasteiger partial charge is 0.323 e. The van der Waals surface area contributed by atoms with E-state index in [0.29, 0.717) is 0 Å². The number of hydrogen-bond acceptors (Lipinski definition) is 3. The molecule has 6 heteroatoms. The Labute approximate surface area is 116 Å². The number of nitrogens with zero attached hydrogens (tertiary/aromatic N) is 1. The normalized spacial score (nSPS) is 11.6. The lowest BCUT2D eigenvalue weighted by Gasteiger charge is -2.23. The molecule has 1 rings (SSSR count). The molecule has 0 bridgehead atoms. The molecule has 1 unspecified atom stereocenters. The number of hydrogen-bond donors (Lipinski definition) is 2. The van der Waals surface area contributed by atoms with Crippen molar-refractivity contribution in [3.05, 3.63) is 35.0 Å². The van der Waals surface area contributed by atoms with E-state index in [4.69, 9.17) is 5.11 Å². The van der Waals surface area contributed by atoms with Gasteiger partial charge in [-0.3, -0.25) is 4.79 Å². The molecule has 2 N–H and O–H groups in total. The summed E-state index contributed by atoms with van der Waals surface area (Å²) < 4.78 is 0. The molecule has 1 aromatic rings. The third kappa shape index (κ3) is 4.75. The molecular weight excluding hydrogens is 264 g/mol. The third-order valence-electron chi connectivity index (χ3n) is 2.56. The molecular formula is C13H18N2O3S. The van der Waals surface area contributed by atoms with E-state index in [1.54, 1.807) is 11.3 Å². The van der Waals surface area contributed by atoms with Crippen molar-refractivity contribution in [2.24, 2.45) is 0 Å². The number of rotatable bonds is 7. The highest BCUT2D eigenvalue weighted by atomic mass is 32.1. The van der Waals surface area contributed by atoms with Crippen LogP contribution in [-0.4, -0.2) is 35.1 Å². The summed E-state index contributed by atoms with van der Waals surface area (Å²) in [7, 11) is 0. The Kier molecular flexibility index (Phi) is 6.08. The standard InChI is InChI=1S/C13H18N2O3S/c1-3-7-15(9-12(16)17)13(18)14-10(4-2)11-6-5-8-19-11/h3,5-6,8,10H,1,4,7,9H2,2H3,(H,14,18)(H,16,17). The second-order valence-electron chi connectivity index (χ2n) is 3.99. The number of amides is 2. The van der Waals surface area contributed by atoms with Gasteiger partial charge in [0.05, 0.1) is 6.04 Å². The van der Waals surface area contributed by atoms with Gasteiger partial charge in [0.25, 0.3) is 0 Å². The van der Waals surface area contributed by atoms with Crippen LogP contribution < -0.4 is 5.32 Å². The Hall–Kier alpha value is -1.82. The zero-order valence-corrected chi connectivity index (χ0v) is 11.7. The van der Waals surface area contributed by atoms with Crippen molar-refractivity contribution >= 4 is 23.3 Å². The Morgan fingerprint density at radius 3 is 2.84 bits per heavy atom. The summed E-state index contributed by atoms with van der Waals surface area (Å²) in [5, 5.41) is 13.6. The summed E-state index contributed by atoms with van der Waals surface area (Å²) >= 11 is 1.57. The first kappa shape index (κ1) is 15.2. The van der Waals surface area contributed by atoms with Crippen molar-refractivity contribution in [3.8, 4) is 0 Å². The van der Waals surface area contributed by atoms with Crippen LogP contribution in [0.2, 0.25) is 0 Å². The zero-order chi connectivity index (χ0) is 14.3. The first-order chi connectivity index (χ1) is 9.08. The highest BCUT2D eigenvalue weighted by Crippen LogP contribution is 2.21. The van der Waals surface area contributed by atoms with Crippen LogP contribution in [0.4, 0.5) is 4.79 Å². The molecule has 2 amide bonds. The quantitative estimate of drug-likeness (QED) is 0.755. The molecule has 0 radical (unpaired) electrons. The first-order valence-electron chi connectivity index (χ1n) is 6.00. The maximum absolute atomic E-state index is 12.0. The minimum Gasteiger partial charge on any atom is -0.480 e. The van der Waals surface area contributed by atoms with Crippen LogP contribution in [0.5, 0.6) is 0 Å². The van der Waals surface area contributed by atoms with Gasteiger partial charge in [-0.15, -0.1) is 17.9 Å². The molecule has 0 aliphatic heterocycles. The lowest BCUT2D eigenvalue weighted by atomic mass is 10.2. The van der Waals surface area contributed by atoms with E-state index in [0.717, 1.165) is 11.3 Å². The largest absolute Gasteiger partial charge is 0.480 e. The predicted octanol–water partition coefficient (Wildman–Crippen LogP) is 2.48. The molecule has 19 heavy (non-hydrogen) atoms. The van der Waals surface area contributed by atoms with E-state index in [1.807, 2.05) is 24.4 Å². The maximum Gasteiger partial charge on any atom is 0.323 e. The topological polar surface area (TPSA) is 69.6 Å². The molecule has 1 atom stereocenters. The maximum atomic E-state index is 12.0. The number of carbonyl (C=O) groups is 2. The van der Waals surface area contributed by atoms with Crippen molar-refractivity contribution in [2.75, 3.05) is 13.1 Å². The van der Waals surface area contributed by atoms with Crippen LogP contribution in [0.1, 0.15) is 24.3 Å². The van der Waals surface area contributed by atoms with Crippen molar-refractivity contribution in [1.82, 2.24) is 10.2 Å². The lowest BCUT2D eigenvalue weighted by molar-refractivity contribution is -0.137. The number of carboxylic acids is 1. The van der Waals surface area contributed by atoms with Gasteiger partial charge >= 0.3 is 12.0 Å². The van der Waals surface area contributed by atoms with E-state index in [1.165, 1.54) is 11.0 Å². The molecule has 0 aromatic carbocycles. The fourth-order valence-electron chi connectivity index (χ4n) is 1.64. The summed E-state index contributed by atoms with van der Waals surface area (Å²) in [6, 6.07) is 3.40. The number of carbonyl (C=O) groups excluding carboxylic acids is 1. The third-order valence-corrected chi connectivity index (χ3v) is 3.54. The average molecular weight is 282 g/mol. The lowest BCUT2D eigenvalue weighted by Crippen LogP contribution is -2.43. The minimum atomic E-state index is -1.04. The number of carboxylic acid groups (broad SMARTS) is 1. The van der Waals surface area contributed by atoms with E-state index in [-0.39, 0.29) is 25.2 Å². The van der Waals surface area contributed by atoms with Crippen molar-refractivity contribution < 1.29 is 14.7 Å². The number of urea groups is 1. The van der Waals surface area contributed by atoms with Gasteiger partial charge in [0.2, 0.25) is 0 Å². The van der Waals surface area contributed by atoms with E-state index < -0.39 is 5.97 Å². The Balaban J connectivity index is 2.68. The summed E-state index contributed by atoms with van der Waals surface area (Å²) in [5.41, 5.74) is 0. The van der Waals surface area contributed by atoms with E-state index >= 15 is 0 Å². The molecule has 0 saturated heterocycles. The van der Waals surface area contributed by atoms with Gasteiger partial charge in [-0.1, -0.05) is 19.1 Å². The molecule has 1 heterocycles. The number of nitrogens with one attached hydrogen (secondary N) is 1. The number of aliphatic carboxylic acids is 1. The summed E-state index contributed by atoms with van der Waals surface area (Å²) in [6.07, 6.45) is 2.26. The Bertz CT molecular complexity index is 431. The highest BCUT2D eigenvalue weighted by molar-refractivity contribution is 7.10. The Morgan fingerprint density at radius 2 is 2.37 bits per heavy atom. The molecule has 0 fully saturated rings. The second kappa shape index (κ2) is 7.58. The molecule has 0 spiro atoms. The fourth-order valence-corrected chi connectivity index (χ4v) is 2.50. The predicted molar refractivity (Wildman–Crippen MR) is 75.3 cm³/mol. The monoisotopic (exact) mass is 282 g/mol. The zero-order valence-electron chi connectivity index (χ0n) is 10.8. The molecule has 0 saturated carbocycles. The Morgan fingerprint density at radius 1 is 1.63 bits per heavy atom. The van der Waals surface area contributed by atoms with Crippen LogP contribution in [0.25, 0.3) is 0 Å². The molecule has 0 aliphatic rings.